The van der Waals surface area contributed by atoms with Crippen molar-refractivity contribution in [2.24, 2.45) is 0 Å². The molecule has 0 saturated heterocycles. The summed E-state index contributed by atoms with van der Waals surface area (Å²) in [6, 6.07) is 5.72. The summed E-state index contributed by atoms with van der Waals surface area (Å²) in [6.07, 6.45) is 0. The van der Waals surface area contributed by atoms with E-state index in [-0.39, 0.29) is 0 Å². The van der Waals surface area contributed by atoms with Gasteiger partial charge in [-0.3, -0.25) is 0 Å². The van der Waals surface area contributed by atoms with Gasteiger partial charge in [-0.25, -0.2) is 0 Å². The molecular formula is C10H15N3O2. The zero-order valence-electron chi connectivity index (χ0n) is 9.39. The van der Waals surface area contributed by atoms with Crippen LogP contribution in [0.15, 0.2) is 18.2 Å². The molecule has 0 atom stereocenters. The number of benzene rings is 1. The van der Waals surface area contributed by atoms with Crippen molar-refractivity contribution in [3.8, 4) is 11.5 Å². The lowest BCUT2D eigenvalue weighted by Gasteiger charge is -2.17. The number of nitrogens with zero attached hydrogens (tertiary/aromatic N) is 3. The Morgan fingerprint density at radius 2 is 1.67 bits per heavy atom. The van der Waals surface area contributed by atoms with E-state index in [9.17, 15) is 0 Å². The highest BCUT2D eigenvalue weighted by Gasteiger charge is 2.05. The molecule has 82 valence electrons. The molecule has 1 aromatic carbocycles. The van der Waals surface area contributed by atoms with Gasteiger partial charge in [-0.15, -0.1) is 0 Å². The van der Waals surface area contributed by atoms with Crippen molar-refractivity contribution < 1.29 is 9.47 Å². The summed E-state index contributed by atoms with van der Waals surface area (Å²) in [5.41, 5.74) is 1.02. The van der Waals surface area contributed by atoms with E-state index in [0.29, 0.717) is 0 Å². The summed E-state index contributed by atoms with van der Waals surface area (Å²) in [5.74, 6) is 1.69. The largest absolute Gasteiger partial charge is 0.497 e. The van der Waals surface area contributed by atoms with E-state index in [0.717, 1.165) is 17.2 Å². The molecule has 0 aromatic heterocycles. The average Bonchev–Trinajstić information content (AvgIpc) is 2.30. The number of hydrogen-bond donors (Lipinski definition) is 0. The van der Waals surface area contributed by atoms with Crippen LogP contribution >= 0.6 is 0 Å². The molecule has 0 amide bonds. The number of anilines is 1. The van der Waals surface area contributed by atoms with Crippen molar-refractivity contribution in [1.82, 2.24) is 0 Å². The molecule has 0 unspecified atom stereocenters. The molecule has 0 aliphatic carbocycles. The maximum atomic E-state index is 6.00. The fourth-order valence-corrected chi connectivity index (χ4v) is 1.15. The van der Waals surface area contributed by atoms with Crippen molar-refractivity contribution in [2.75, 3.05) is 33.2 Å². The highest BCUT2D eigenvalue weighted by molar-refractivity contribution is 5.60. The number of ether oxygens (including phenoxy) is 2. The normalized spacial score (nSPS) is 8.40. The van der Waals surface area contributed by atoms with Gasteiger partial charge in [-0.05, 0) is 12.1 Å². The van der Waals surface area contributed by atoms with Crippen LogP contribution in [0, 0.1) is 10.8 Å². The summed E-state index contributed by atoms with van der Waals surface area (Å²) in [4.78, 5) is 1.99. The van der Waals surface area contributed by atoms with Gasteiger partial charge >= 0.3 is 0 Å². The van der Waals surface area contributed by atoms with Gasteiger partial charge in [0.15, 0.2) is 0 Å². The van der Waals surface area contributed by atoms with Crippen LogP contribution in [-0.2, 0) is 0 Å². The number of hydrogen-bond acceptors (Lipinski definition) is 5. The van der Waals surface area contributed by atoms with Crippen LogP contribution in [0.4, 0.5) is 5.69 Å². The molecule has 0 spiro atoms. The van der Waals surface area contributed by atoms with Gasteiger partial charge in [0.05, 0.1) is 19.9 Å². The van der Waals surface area contributed by atoms with Crippen LogP contribution in [0.2, 0.25) is 0 Å². The third-order valence-corrected chi connectivity index (χ3v) is 1.87. The Hall–Kier alpha value is -1.96. The first-order chi connectivity index (χ1) is 7.19. The van der Waals surface area contributed by atoms with E-state index in [1.165, 1.54) is 0 Å². The highest BCUT2D eigenvalue weighted by Crippen LogP contribution is 2.30. The monoisotopic (exact) mass is 209 g/mol. The van der Waals surface area contributed by atoms with Gasteiger partial charge < -0.3 is 14.4 Å². The molecule has 5 heteroatoms. The third-order valence-electron chi connectivity index (χ3n) is 1.87. The molecular weight excluding hydrogens is 194 g/mol. The Morgan fingerprint density at radius 3 is 2.07 bits per heavy atom. The van der Waals surface area contributed by atoms with Crippen LogP contribution in [0.3, 0.4) is 0 Å². The second-order valence-corrected chi connectivity index (χ2v) is 2.93. The Labute approximate surface area is 89.6 Å². The second kappa shape index (κ2) is 6.49. The molecule has 1 aromatic rings. The number of rotatable bonds is 3. The summed E-state index contributed by atoms with van der Waals surface area (Å²) < 4.78 is 10.3. The molecule has 0 fully saturated rings. The molecule has 0 saturated carbocycles. The lowest BCUT2D eigenvalue weighted by molar-refractivity contribution is 0.403. The summed E-state index contributed by atoms with van der Waals surface area (Å²) in [5, 5.41) is 12.0. The van der Waals surface area contributed by atoms with E-state index in [1.807, 2.05) is 37.2 Å². The summed E-state index contributed by atoms with van der Waals surface area (Å²) in [7, 11) is 7.25. The minimum absolute atomic E-state index is 0.838. The predicted molar refractivity (Wildman–Crippen MR) is 57.3 cm³/mol. The minimum Gasteiger partial charge on any atom is -0.497 e. The zero-order chi connectivity index (χ0) is 11.8. The Bertz CT molecular complexity index is 324. The smallest absolute Gasteiger partial charge is 0.142 e. The molecule has 15 heavy (non-hydrogen) atoms. The lowest BCUT2D eigenvalue weighted by atomic mass is 10.2. The van der Waals surface area contributed by atoms with Crippen molar-refractivity contribution in [3.63, 3.8) is 0 Å². The SMILES string of the molecule is COc1ccc(OC)c(N(C)C)c1.N#N. The van der Waals surface area contributed by atoms with Crippen LogP contribution in [0.1, 0.15) is 0 Å². The Morgan fingerprint density at radius 1 is 1.07 bits per heavy atom. The molecule has 0 bridgehead atoms. The minimum atomic E-state index is 0.838. The van der Waals surface area contributed by atoms with Crippen LogP contribution in [-0.4, -0.2) is 28.3 Å². The average molecular weight is 209 g/mol. The Balaban J connectivity index is 0.000000921. The quantitative estimate of drug-likeness (QED) is 0.710. The van der Waals surface area contributed by atoms with E-state index in [2.05, 4.69) is 0 Å². The third kappa shape index (κ3) is 3.35. The van der Waals surface area contributed by atoms with Gasteiger partial charge in [0, 0.05) is 30.9 Å². The summed E-state index contributed by atoms with van der Waals surface area (Å²) in [6.45, 7) is 0. The first kappa shape index (κ1) is 13.0. The van der Waals surface area contributed by atoms with E-state index in [4.69, 9.17) is 20.3 Å². The fourth-order valence-electron chi connectivity index (χ4n) is 1.15. The van der Waals surface area contributed by atoms with Gasteiger partial charge in [-0.1, -0.05) is 0 Å². The maximum absolute atomic E-state index is 6.00. The molecule has 5 nitrogen and oxygen atoms in total. The number of methoxy groups -OCH3 is 2. The molecule has 0 heterocycles. The van der Waals surface area contributed by atoms with E-state index in [1.54, 1.807) is 14.2 Å². The van der Waals surface area contributed by atoms with E-state index < -0.39 is 0 Å². The Kier molecular flexibility index (Phi) is 5.64. The van der Waals surface area contributed by atoms with Crippen molar-refractivity contribution >= 4 is 5.69 Å². The predicted octanol–water partition coefficient (Wildman–Crippen LogP) is 1.80. The van der Waals surface area contributed by atoms with Gasteiger partial charge in [0.1, 0.15) is 11.5 Å². The molecule has 1 rings (SSSR count). The van der Waals surface area contributed by atoms with Crippen LogP contribution in [0.25, 0.3) is 0 Å². The molecule has 0 radical (unpaired) electrons. The topological polar surface area (TPSA) is 69.3 Å². The van der Waals surface area contributed by atoms with Crippen molar-refractivity contribution in [3.05, 3.63) is 18.2 Å². The standard InChI is InChI=1S/C10H15NO2.N2/c1-11(2)9-7-8(12-3)5-6-10(9)13-4;1-2/h5-7H,1-4H3;. The first-order valence-electron chi connectivity index (χ1n) is 4.28. The highest BCUT2D eigenvalue weighted by atomic mass is 16.5. The van der Waals surface area contributed by atoms with Gasteiger partial charge in [0.25, 0.3) is 0 Å². The van der Waals surface area contributed by atoms with Crippen molar-refractivity contribution in [2.45, 2.75) is 0 Å². The fraction of sp³-hybridized carbons (Fsp3) is 0.400. The summed E-state index contributed by atoms with van der Waals surface area (Å²) >= 11 is 0. The van der Waals surface area contributed by atoms with Crippen LogP contribution in [0.5, 0.6) is 11.5 Å². The molecule has 0 N–H and O–H groups in total. The van der Waals surface area contributed by atoms with Crippen molar-refractivity contribution in [1.29, 1.82) is 10.8 Å². The van der Waals surface area contributed by atoms with Gasteiger partial charge in [0.2, 0.25) is 0 Å². The second-order valence-electron chi connectivity index (χ2n) is 2.93. The lowest BCUT2D eigenvalue weighted by Crippen LogP contribution is -2.10. The van der Waals surface area contributed by atoms with E-state index >= 15 is 0 Å². The van der Waals surface area contributed by atoms with Gasteiger partial charge in [-0.2, -0.15) is 0 Å². The first-order valence-corrected chi connectivity index (χ1v) is 4.28. The zero-order valence-corrected chi connectivity index (χ0v) is 9.39. The molecule has 0 aliphatic rings. The molecule has 0 aliphatic heterocycles. The maximum Gasteiger partial charge on any atom is 0.142 e. The van der Waals surface area contributed by atoms with Crippen LogP contribution < -0.4 is 14.4 Å².